The minimum atomic E-state index is -0.219. The smallest absolute Gasteiger partial charge is 0.259 e. The van der Waals surface area contributed by atoms with E-state index in [2.05, 4.69) is 10.3 Å². The highest BCUT2D eigenvalue weighted by Crippen LogP contribution is 2.26. The number of anilines is 1. The van der Waals surface area contributed by atoms with Crippen LogP contribution < -0.4 is 5.32 Å². The molecular formula is C24H22N4O3S. The van der Waals surface area contributed by atoms with Gasteiger partial charge in [-0.1, -0.05) is 36.4 Å². The van der Waals surface area contributed by atoms with Crippen molar-refractivity contribution in [2.24, 2.45) is 0 Å². The molecule has 0 radical (unpaired) electrons. The van der Waals surface area contributed by atoms with E-state index >= 15 is 0 Å². The van der Waals surface area contributed by atoms with E-state index in [1.54, 1.807) is 12.3 Å². The lowest BCUT2D eigenvalue weighted by Gasteiger charge is -2.26. The van der Waals surface area contributed by atoms with E-state index in [-0.39, 0.29) is 11.8 Å². The van der Waals surface area contributed by atoms with Crippen molar-refractivity contribution in [2.45, 2.75) is 6.54 Å². The fourth-order valence-electron chi connectivity index (χ4n) is 3.92. The van der Waals surface area contributed by atoms with Gasteiger partial charge in [-0.3, -0.25) is 14.9 Å². The van der Waals surface area contributed by atoms with Gasteiger partial charge in [0.05, 0.1) is 18.8 Å². The van der Waals surface area contributed by atoms with Crippen LogP contribution >= 0.6 is 11.3 Å². The summed E-state index contributed by atoms with van der Waals surface area (Å²) in [5.41, 5.74) is 3.12. The summed E-state index contributed by atoms with van der Waals surface area (Å²) in [5.74, 6) is -0.236. The Morgan fingerprint density at radius 3 is 2.66 bits per heavy atom. The molecule has 2 aromatic heterocycles. The number of thiazole rings is 1. The van der Waals surface area contributed by atoms with Crippen LogP contribution in [0.1, 0.15) is 26.3 Å². The predicted molar refractivity (Wildman–Crippen MR) is 124 cm³/mol. The first-order valence-corrected chi connectivity index (χ1v) is 11.3. The molecule has 8 heteroatoms. The molecule has 0 spiro atoms. The maximum atomic E-state index is 13.0. The van der Waals surface area contributed by atoms with E-state index in [0.717, 1.165) is 16.5 Å². The number of aromatic nitrogens is 2. The summed E-state index contributed by atoms with van der Waals surface area (Å²) in [7, 11) is 0. The largest absolute Gasteiger partial charge is 0.378 e. The maximum Gasteiger partial charge on any atom is 0.259 e. The van der Waals surface area contributed by atoms with E-state index < -0.39 is 0 Å². The van der Waals surface area contributed by atoms with E-state index in [1.165, 1.54) is 11.3 Å². The van der Waals surface area contributed by atoms with Gasteiger partial charge in [-0.15, -0.1) is 11.3 Å². The molecule has 0 aliphatic carbocycles. The fraction of sp³-hybridized carbons (Fsp3) is 0.208. The quantitative estimate of drug-likeness (QED) is 0.505. The van der Waals surface area contributed by atoms with Gasteiger partial charge in [0.1, 0.15) is 0 Å². The topological polar surface area (TPSA) is 76.5 Å². The van der Waals surface area contributed by atoms with Crippen LogP contribution in [0.25, 0.3) is 10.9 Å². The molecule has 0 saturated carbocycles. The monoisotopic (exact) mass is 446 g/mol. The zero-order valence-electron chi connectivity index (χ0n) is 17.4. The Morgan fingerprint density at radius 2 is 1.91 bits per heavy atom. The summed E-state index contributed by atoms with van der Waals surface area (Å²) < 4.78 is 7.39. The average Bonchev–Trinajstić information content (AvgIpc) is 3.47. The highest BCUT2D eigenvalue weighted by molar-refractivity contribution is 7.13. The Kier molecular flexibility index (Phi) is 5.70. The summed E-state index contributed by atoms with van der Waals surface area (Å²) in [6.07, 6.45) is 3.51. The minimum absolute atomic E-state index is 0.0172. The van der Waals surface area contributed by atoms with Crippen molar-refractivity contribution >= 4 is 39.2 Å². The lowest BCUT2D eigenvalue weighted by molar-refractivity contribution is 0.0303. The Balaban J connectivity index is 1.53. The molecule has 4 aromatic rings. The minimum Gasteiger partial charge on any atom is -0.378 e. The maximum absolute atomic E-state index is 13.0. The Bertz CT molecular complexity index is 1250. The van der Waals surface area contributed by atoms with Crippen LogP contribution in [0.15, 0.2) is 66.3 Å². The van der Waals surface area contributed by atoms with Gasteiger partial charge in [-0.2, -0.15) is 0 Å². The molecule has 1 aliphatic heterocycles. The number of ether oxygens (including phenoxy) is 1. The first-order chi connectivity index (χ1) is 15.7. The third-order valence-electron chi connectivity index (χ3n) is 5.52. The zero-order valence-corrected chi connectivity index (χ0v) is 18.2. The molecule has 2 aromatic carbocycles. The van der Waals surface area contributed by atoms with Crippen molar-refractivity contribution in [3.63, 3.8) is 0 Å². The second-order valence-corrected chi connectivity index (χ2v) is 8.48. The second-order valence-electron chi connectivity index (χ2n) is 7.58. The molecule has 2 amide bonds. The normalized spacial score (nSPS) is 13.9. The van der Waals surface area contributed by atoms with Crippen LogP contribution in [-0.2, 0) is 11.3 Å². The summed E-state index contributed by atoms with van der Waals surface area (Å²) in [6, 6.07) is 15.6. The fourth-order valence-corrected chi connectivity index (χ4v) is 4.44. The third kappa shape index (κ3) is 4.15. The van der Waals surface area contributed by atoms with Crippen LogP contribution in [-0.4, -0.2) is 52.6 Å². The van der Waals surface area contributed by atoms with Gasteiger partial charge in [0.25, 0.3) is 11.8 Å². The average molecular weight is 447 g/mol. The van der Waals surface area contributed by atoms with Gasteiger partial charge in [0.15, 0.2) is 5.13 Å². The number of fused-ring (bicyclic) bond motifs is 1. The number of nitrogens with zero attached hydrogens (tertiary/aromatic N) is 3. The molecular weight excluding hydrogens is 424 g/mol. The SMILES string of the molecule is O=C(Nc1nccs1)c1cn(Cc2ccccc2)c2cc(C(=O)N3CCOCC3)ccc12. The number of amides is 2. The van der Waals surface area contributed by atoms with Gasteiger partial charge >= 0.3 is 0 Å². The number of rotatable bonds is 5. The second kappa shape index (κ2) is 8.94. The number of hydrogen-bond donors (Lipinski definition) is 1. The number of carbonyl (C=O) groups is 2. The van der Waals surface area contributed by atoms with Crippen LogP contribution in [0.2, 0.25) is 0 Å². The number of benzene rings is 2. The Hall–Kier alpha value is -3.49. The zero-order chi connectivity index (χ0) is 21.9. The van der Waals surface area contributed by atoms with Crippen LogP contribution in [0.5, 0.6) is 0 Å². The van der Waals surface area contributed by atoms with Gasteiger partial charge in [-0.05, 0) is 17.7 Å². The number of carbonyl (C=O) groups excluding carboxylic acids is 2. The van der Waals surface area contributed by atoms with E-state index in [9.17, 15) is 9.59 Å². The lowest BCUT2D eigenvalue weighted by Crippen LogP contribution is -2.40. The van der Waals surface area contributed by atoms with Gasteiger partial charge in [0.2, 0.25) is 0 Å². The first-order valence-electron chi connectivity index (χ1n) is 10.4. The molecule has 0 unspecified atom stereocenters. The number of morpholine rings is 1. The van der Waals surface area contributed by atoms with Crippen molar-refractivity contribution in [1.82, 2.24) is 14.5 Å². The summed E-state index contributed by atoms with van der Waals surface area (Å²) in [4.78, 5) is 32.0. The van der Waals surface area contributed by atoms with Gasteiger partial charge in [-0.25, -0.2) is 4.98 Å². The van der Waals surface area contributed by atoms with Gasteiger partial charge < -0.3 is 14.2 Å². The first kappa shape index (κ1) is 20.4. The molecule has 5 rings (SSSR count). The Labute approximate surface area is 189 Å². The molecule has 1 aliphatic rings. The molecule has 1 N–H and O–H groups in total. The van der Waals surface area contributed by atoms with Crippen molar-refractivity contribution in [2.75, 3.05) is 31.6 Å². The molecule has 3 heterocycles. The van der Waals surface area contributed by atoms with Crippen molar-refractivity contribution in [3.05, 3.63) is 83.0 Å². The predicted octanol–water partition coefficient (Wildman–Crippen LogP) is 3.87. The van der Waals surface area contributed by atoms with E-state index in [1.807, 2.05) is 63.5 Å². The summed E-state index contributed by atoms with van der Waals surface area (Å²) in [6.45, 7) is 2.88. The standard InChI is InChI=1S/C24H22N4O3S/c29-22(26-24-25-8-13-32-24)20-16-28(15-17-4-2-1-3-5-17)21-14-18(6-7-19(20)21)23(30)27-9-11-31-12-10-27/h1-8,13-14,16H,9-12,15H2,(H,25,26,29). The van der Waals surface area contributed by atoms with Crippen molar-refractivity contribution in [3.8, 4) is 0 Å². The highest BCUT2D eigenvalue weighted by Gasteiger charge is 2.21. The molecule has 32 heavy (non-hydrogen) atoms. The molecule has 162 valence electrons. The van der Waals surface area contributed by atoms with Crippen LogP contribution in [0.4, 0.5) is 5.13 Å². The van der Waals surface area contributed by atoms with Crippen molar-refractivity contribution in [1.29, 1.82) is 0 Å². The Morgan fingerprint density at radius 1 is 1.09 bits per heavy atom. The van der Waals surface area contributed by atoms with Crippen LogP contribution in [0.3, 0.4) is 0 Å². The third-order valence-corrected chi connectivity index (χ3v) is 6.21. The number of hydrogen-bond acceptors (Lipinski definition) is 5. The van der Waals surface area contributed by atoms with E-state index in [0.29, 0.717) is 49.1 Å². The molecule has 1 fully saturated rings. The highest BCUT2D eigenvalue weighted by atomic mass is 32.1. The van der Waals surface area contributed by atoms with E-state index in [4.69, 9.17) is 4.74 Å². The molecule has 0 atom stereocenters. The molecule has 7 nitrogen and oxygen atoms in total. The summed E-state index contributed by atoms with van der Waals surface area (Å²) >= 11 is 1.37. The van der Waals surface area contributed by atoms with Crippen molar-refractivity contribution < 1.29 is 14.3 Å². The molecule has 1 saturated heterocycles. The van der Waals surface area contributed by atoms with Crippen LogP contribution in [0, 0.1) is 0 Å². The van der Waals surface area contributed by atoms with Gasteiger partial charge in [0, 0.05) is 53.9 Å². The summed E-state index contributed by atoms with van der Waals surface area (Å²) in [5, 5.41) is 6.03. The number of nitrogens with one attached hydrogen (secondary N) is 1. The lowest BCUT2D eigenvalue weighted by atomic mass is 10.1. The molecule has 0 bridgehead atoms.